The van der Waals surface area contributed by atoms with Gasteiger partial charge in [-0.15, -0.1) is 0 Å². The van der Waals surface area contributed by atoms with Gasteiger partial charge in [-0.2, -0.15) is 0 Å². The van der Waals surface area contributed by atoms with Crippen LogP contribution in [0.4, 0.5) is 0 Å². The van der Waals surface area contributed by atoms with Crippen LogP contribution < -0.4 is 11.2 Å². The lowest BCUT2D eigenvalue weighted by atomic mass is 10.1. The van der Waals surface area contributed by atoms with E-state index in [1.165, 1.54) is 7.05 Å². The van der Waals surface area contributed by atoms with E-state index in [0.717, 1.165) is 28.9 Å². The molecule has 6 nitrogen and oxygen atoms in total. The molecule has 2 heterocycles. The van der Waals surface area contributed by atoms with Gasteiger partial charge in [0.15, 0.2) is 0 Å². The van der Waals surface area contributed by atoms with Crippen molar-refractivity contribution in [2.45, 2.75) is 25.7 Å². The number of nitrogens with zero attached hydrogens (tertiary/aromatic N) is 3. The lowest BCUT2D eigenvalue weighted by Gasteiger charge is -2.37. The number of ether oxygens (including phenoxy) is 1. The molecular formula is C18H23N3O3. The lowest BCUT2D eigenvalue weighted by molar-refractivity contribution is -0.0819. The molecule has 0 bridgehead atoms. The van der Waals surface area contributed by atoms with Gasteiger partial charge in [-0.05, 0) is 12.5 Å². The van der Waals surface area contributed by atoms with Crippen molar-refractivity contribution in [3.05, 3.63) is 68.5 Å². The van der Waals surface area contributed by atoms with Crippen LogP contribution >= 0.6 is 0 Å². The summed E-state index contributed by atoms with van der Waals surface area (Å²) in [6.45, 7) is 4.11. The molecule has 1 saturated heterocycles. The van der Waals surface area contributed by atoms with Crippen LogP contribution in [0.25, 0.3) is 0 Å². The third kappa shape index (κ3) is 3.34. The largest absolute Gasteiger partial charge is 0.368 e. The summed E-state index contributed by atoms with van der Waals surface area (Å²) >= 11 is 0. The third-order valence-corrected chi connectivity index (χ3v) is 4.52. The summed E-state index contributed by atoms with van der Waals surface area (Å²) in [5.41, 5.74) is 1.31. The number of rotatable bonds is 3. The first-order chi connectivity index (χ1) is 11.5. The van der Waals surface area contributed by atoms with E-state index in [0.29, 0.717) is 6.54 Å². The van der Waals surface area contributed by atoms with Gasteiger partial charge in [0.1, 0.15) is 0 Å². The Labute approximate surface area is 140 Å². The zero-order valence-corrected chi connectivity index (χ0v) is 14.3. The first-order valence-electron chi connectivity index (χ1n) is 8.14. The zero-order valence-electron chi connectivity index (χ0n) is 14.3. The molecule has 1 fully saturated rings. The molecule has 2 atom stereocenters. The van der Waals surface area contributed by atoms with Crippen LogP contribution in [0.5, 0.6) is 0 Å². The summed E-state index contributed by atoms with van der Waals surface area (Å²) in [6, 6.07) is 11.7. The Morgan fingerprint density at radius 1 is 1.08 bits per heavy atom. The maximum atomic E-state index is 12.1. The second-order valence-electron chi connectivity index (χ2n) is 6.41. The molecule has 0 aliphatic carbocycles. The molecule has 0 radical (unpaired) electrons. The van der Waals surface area contributed by atoms with Crippen molar-refractivity contribution in [3.8, 4) is 0 Å². The predicted molar refractivity (Wildman–Crippen MR) is 91.9 cm³/mol. The van der Waals surface area contributed by atoms with Crippen molar-refractivity contribution < 1.29 is 4.74 Å². The highest BCUT2D eigenvalue weighted by Gasteiger charge is 2.27. The van der Waals surface area contributed by atoms with E-state index >= 15 is 0 Å². The first kappa shape index (κ1) is 16.7. The van der Waals surface area contributed by atoms with Crippen molar-refractivity contribution in [2.24, 2.45) is 14.1 Å². The van der Waals surface area contributed by atoms with E-state index in [1.807, 2.05) is 25.1 Å². The van der Waals surface area contributed by atoms with Crippen LogP contribution in [-0.2, 0) is 25.4 Å². The number of benzene rings is 1. The van der Waals surface area contributed by atoms with E-state index in [9.17, 15) is 9.59 Å². The fourth-order valence-electron chi connectivity index (χ4n) is 3.18. The standard InChI is InChI=1S/C18H23N3O3/c1-13-10-21(12-16(24-13)14-7-5-4-6-8-14)11-15-9-17(22)20(3)18(23)19(15)2/h4-9,13,16H,10-12H2,1-3H3/t13-,16-/m0/s1. The molecule has 0 saturated carbocycles. The number of aromatic nitrogens is 2. The number of morpholine rings is 1. The molecule has 2 aromatic rings. The van der Waals surface area contributed by atoms with Gasteiger partial charge in [0.25, 0.3) is 5.56 Å². The monoisotopic (exact) mass is 329 g/mol. The Hall–Kier alpha value is -2.18. The molecule has 0 amide bonds. The smallest absolute Gasteiger partial charge is 0.330 e. The third-order valence-electron chi connectivity index (χ3n) is 4.52. The minimum Gasteiger partial charge on any atom is -0.368 e. The van der Waals surface area contributed by atoms with Gasteiger partial charge >= 0.3 is 5.69 Å². The average molecular weight is 329 g/mol. The van der Waals surface area contributed by atoms with Crippen molar-refractivity contribution in [1.29, 1.82) is 0 Å². The molecule has 3 rings (SSSR count). The Morgan fingerprint density at radius 3 is 2.50 bits per heavy atom. The van der Waals surface area contributed by atoms with E-state index in [1.54, 1.807) is 17.7 Å². The molecule has 0 N–H and O–H groups in total. The maximum absolute atomic E-state index is 12.1. The molecule has 128 valence electrons. The topological polar surface area (TPSA) is 56.5 Å². The maximum Gasteiger partial charge on any atom is 0.330 e. The minimum atomic E-state index is -0.293. The number of hydrogen-bond acceptors (Lipinski definition) is 4. The second-order valence-corrected chi connectivity index (χ2v) is 6.41. The summed E-state index contributed by atoms with van der Waals surface area (Å²) in [6.07, 6.45) is 0.0889. The van der Waals surface area contributed by atoms with Gasteiger partial charge in [0.2, 0.25) is 0 Å². The van der Waals surface area contributed by atoms with Crippen LogP contribution in [0.15, 0.2) is 46.0 Å². The molecule has 6 heteroatoms. The van der Waals surface area contributed by atoms with Crippen molar-refractivity contribution in [3.63, 3.8) is 0 Å². The predicted octanol–water partition coefficient (Wildman–Crippen LogP) is 1.05. The highest BCUT2D eigenvalue weighted by atomic mass is 16.5. The van der Waals surface area contributed by atoms with Crippen LogP contribution in [0.2, 0.25) is 0 Å². The molecule has 24 heavy (non-hydrogen) atoms. The molecule has 1 aliphatic heterocycles. The van der Waals surface area contributed by atoms with Gasteiger partial charge in [-0.1, -0.05) is 30.3 Å². The van der Waals surface area contributed by atoms with Gasteiger partial charge in [-0.25, -0.2) is 4.79 Å². The summed E-state index contributed by atoms with van der Waals surface area (Å²) in [5, 5.41) is 0. The van der Waals surface area contributed by atoms with Crippen molar-refractivity contribution in [1.82, 2.24) is 14.0 Å². The minimum absolute atomic E-state index is 0.00137. The molecule has 1 aromatic heterocycles. The lowest BCUT2D eigenvalue weighted by Crippen LogP contribution is -2.44. The molecule has 0 spiro atoms. The highest BCUT2D eigenvalue weighted by molar-refractivity contribution is 5.18. The first-order valence-corrected chi connectivity index (χ1v) is 8.14. The van der Waals surface area contributed by atoms with E-state index < -0.39 is 0 Å². The van der Waals surface area contributed by atoms with Gasteiger partial charge in [0, 0.05) is 45.5 Å². The Kier molecular flexibility index (Phi) is 4.69. The summed E-state index contributed by atoms with van der Waals surface area (Å²) in [7, 11) is 3.20. The Bertz CT molecular complexity index is 826. The quantitative estimate of drug-likeness (QED) is 0.844. The highest BCUT2D eigenvalue weighted by Crippen LogP contribution is 2.25. The van der Waals surface area contributed by atoms with Crippen LogP contribution in [-0.4, -0.2) is 33.2 Å². The summed E-state index contributed by atoms with van der Waals surface area (Å²) in [5.74, 6) is 0. The van der Waals surface area contributed by atoms with Crippen molar-refractivity contribution in [2.75, 3.05) is 13.1 Å². The Balaban J connectivity index is 1.83. The summed E-state index contributed by atoms with van der Waals surface area (Å²) < 4.78 is 8.72. The molecule has 1 aromatic carbocycles. The van der Waals surface area contributed by atoms with Gasteiger partial charge in [0.05, 0.1) is 12.2 Å². The normalized spacial score (nSPS) is 21.8. The van der Waals surface area contributed by atoms with E-state index in [2.05, 4.69) is 17.0 Å². The molecule has 1 aliphatic rings. The van der Waals surface area contributed by atoms with Gasteiger partial charge < -0.3 is 4.74 Å². The fraction of sp³-hybridized carbons (Fsp3) is 0.444. The van der Waals surface area contributed by atoms with E-state index in [-0.39, 0.29) is 23.5 Å². The SMILES string of the molecule is C[C@H]1CN(Cc2cc(=O)n(C)c(=O)n2C)C[C@@H](c2ccccc2)O1. The number of hydrogen-bond donors (Lipinski definition) is 0. The second kappa shape index (κ2) is 6.75. The van der Waals surface area contributed by atoms with Crippen LogP contribution in [0.1, 0.15) is 24.3 Å². The van der Waals surface area contributed by atoms with E-state index in [4.69, 9.17) is 4.74 Å². The van der Waals surface area contributed by atoms with Crippen LogP contribution in [0.3, 0.4) is 0 Å². The molecule has 0 unspecified atom stereocenters. The zero-order chi connectivity index (χ0) is 17.3. The Morgan fingerprint density at radius 2 is 1.79 bits per heavy atom. The summed E-state index contributed by atoms with van der Waals surface area (Å²) in [4.78, 5) is 26.2. The molecular weight excluding hydrogens is 306 g/mol. The van der Waals surface area contributed by atoms with Gasteiger partial charge in [-0.3, -0.25) is 18.8 Å². The van der Waals surface area contributed by atoms with Crippen LogP contribution in [0, 0.1) is 0 Å². The fourth-order valence-corrected chi connectivity index (χ4v) is 3.18. The average Bonchev–Trinajstić information content (AvgIpc) is 2.58. The van der Waals surface area contributed by atoms with Crippen molar-refractivity contribution >= 4 is 0 Å².